The van der Waals surface area contributed by atoms with Crippen molar-refractivity contribution in [2.24, 2.45) is 0 Å². The highest BCUT2D eigenvalue weighted by molar-refractivity contribution is 7.91. The number of rotatable bonds is 7. The first-order valence-corrected chi connectivity index (χ1v) is 13.4. The molecule has 9 heteroatoms. The zero-order chi connectivity index (χ0) is 22.9. The highest BCUT2D eigenvalue weighted by atomic mass is 35.5. The number of aryl methyl sites for hydroxylation is 2. The van der Waals surface area contributed by atoms with Crippen LogP contribution >= 0.6 is 22.9 Å². The number of aromatic nitrogens is 1. The van der Waals surface area contributed by atoms with Gasteiger partial charge in [0.15, 0.2) is 15.0 Å². The molecule has 0 N–H and O–H groups in total. The largest absolute Gasteiger partial charge is 0.376 e. The minimum Gasteiger partial charge on any atom is -0.376 e. The number of fused-ring (bicyclic) bond motifs is 1. The molecule has 0 spiro atoms. The average molecular weight is 493 g/mol. The van der Waals surface area contributed by atoms with Crippen LogP contribution in [0.5, 0.6) is 0 Å². The fourth-order valence-electron chi connectivity index (χ4n) is 3.68. The number of hydrogen-bond acceptors (Lipinski definition) is 6. The molecule has 6 nitrogen and oxygen atoms in total. The van der Waals surface area contributed by atoms with Gasteiger partial charge in [-0.3, -0.25) is 9.69 Å². The van der Waals surface area contributed by atoms with Crippen LogP contribution in [0.3, 0.4) is 0 Å². The summed E-state index contributed by atoms with van der Waals surface area (Å²) in [5.41, 5.74) is 3.14. The Morgan fingerprint density at radius 3 is 2.62 bits per heavy atom. The van der Waals surface area contributed by atoms with Crippen molar-refractivity contribution in [1.82, 2.24) is 4.98 Å². The second kappa shape index (κ2) is 9.47. The number of halogens is 1. The van der Waals surface area contributed by atoms with Crippen molar-refractivity contribution in [1.29, 1.82) is 0 Å². The van der Waals surface area contributed by atoms with E-state index in [1.807, 2.05) is 19.9 Å². The van der Waals surface area contributed by atoms with E-state index in [9.17, 15) is 13.2 Å². The van der Waals surface area contributed by atoms with Crippen LogP contribution in [0, 0.1) is 13.8 Å². The molecule has 1 aliphatic heterocycles. The second-order valence-electron chi connectivity index (χ2n) is 8.06. The Morgan fingerprint density at radius 1 is 1.22 bits per heavy atom. The molecule has 1 atom stereocenters. The van der Waals surface area contributed by atoms with E-state index in [0.29, 0.717) is 23.3 Å². The molecule has 2 aromatic carbocycles. The standard InChI is InChI=1S/C23H25ClN2O4S2/c1-15-12-20-21(13-16(15)2)31-23(25-20)26(14-18-4-3-10-30-18)22(27)9-11-32(28,29)19-7-5-17(24)6-8-19/h5-8,12-13,18H,3-4,9-11,14H2,1-2H3. The molecule has 4 rings (SSSR count). The Hall–Kier alpha value is -2.00. The van der Waals surface area contributed by atoms with Crippen LogP contribution in [-0.4, -0.2) is 44.3 Å². The number of nitrogens with zero attached hydrogens (tertiary/aromatic N) is 2. The van der Waals surface area contributed by atoms with E-state index >= 15 is 0 Å². The molecule has 1 aliphatic rings. The van der Waals surface area contributed by atoms with E-state index in [2.05, 4.69) is 6.07 Å². The van der Waals surface area contributed by atoms with Crippen molar-refractivity contribution in [2.75, 3.05) is 23.8 Å². The van der Waals surface area contributed by atoms with Gasteiger partial charge in [0.1, 0.15) is 0 Å². The van der Waals surface area contributed by atoms with E-state index in [0.717, 1.165) is 28.6 Å². The van der Waals surface area contributed by atoms with Crippen LogP contribution in [0.25, 0.3) is 10.2 Å². The number of benzene rings is 2. The molecule has 170 valence electrons. The molecular formula is C23H25ClN2O4S2. The summed E-state index contributed by atoms with van der Waals surface area (Å²) in [6.07, 6.45) is 1.62. The first-order chi connectivity index (χ1) is 15.2. The third kappa shape index (κ3) is 5.14. The quantitative estimate of drug-likeness (QED) is 0.466. The zero-order valence-electron chi connectivity index (χ0n) is 18.0. The molecule has 2 heterocycles. The summed E-state index contributed by atoms with van der Waals surface area (Å²) in [6, 6.07) is 10.1. The summed E-state index contributed by atoms with van der Waals surface area (Å²) in [5, 5.41) is 1.04. The van der Waals surface area contributed by atoms with E-state index < -0.39 is 9.84 Å². The minimum absolute atomic E-state index is 0.0673. The van der Waals surface area contributed by atoms with Gasteiger partial charge in [-0.25, -0.2) is 13.4 Å². The maximum atomic E-state index is 13.2. The molecule has 3 aromatic rings. The average Bonchev–Trinajstić information content (AvgIpc) is 3.40. The number of anilines is 1. The Bertz CT molecular complexity index is 1190. The van der Waals surface area contributed by atoms with Gasteiger partial charge in [-0.15, -0.1) is 0 Å². The summed E-state index contributed by atoms with van der Waals surface area (Å²) in [7, 11) is -3.61. The molecule has 1 saturated heterocycles. The van der Waals surface area contributed by atoms with E-state index in [-0.39, 0.29) is 29.1 Å². The number of hydrogen-bond donors (Lipinski definition) is 0. The Balaban J connectivity index is 1.57. The molecule has 1 aromatic heterocycles. The van der Waals surface area contributed by atoms with Crippen molar-refractivity contribution >= 4 is 54.0 Å². The molecule has 0 bridgehead atoms. The zero-order valence-corrected chi connectivity index (χ0v) is 20.4. The Kier molecular flexibility index (Phi) is 6.86. The Morgan fingerprint density at radius 2 is 1.94 bits per heavy atom. The summed E-state index contributed by atoms with van der Waals surface area (Å²) in [5.74, 6) is -0.552. The highest BCUT2D eigenvalue weighted by Gasteiger charge is 2.27. The molecule has 1 amide bonds. The summed E-state index contributed by atoms with van der Waals surface area (Å²) >= 11 is 7.30. The third-order valence-corrected chi connectivity index (χ3v) is 8.72. The van der Waals surface area contributed by atoms with E-state index in [1.165, 1.54) is 41.2 Å². The van der Waals surface area contributed by atoms with Crippen molar-refractivity contribution in [3.63, 3.8) is 0 Å². The molecule has 1 fully saturated rings. The predicted molar refractivity (Wildman–Crippen MR) is 129 cm³/mol. The number of sulfone groups is 1. The maximum Gasteiger partial charge on any atom is 0.229 e. The number of amides is 1. The lowest BCUT2D eigenvalue weighted by atomic mass is 10.1. The molecule has 32 heavy (non-hydrogen) atoms. The van der Waals surface area contributed by atoms with Crippen molar-refractivity contribution in [2.45, 2.75) is 44.1 Å². The minimum atomic E-state index is -3.61. The fraction of sp³-hybridized carbons (Fsp3) is 0.391. The predicted octanol–water partition coefficient (Wildman–Crippen LogP) is 4.94. The smallest absolute Gasteiger partial charge is 0.229 e. The van der Waals surface area contributed by atoms with Crippen LogP contribution in [0.4, 0.5) is 5.13 Å². The van der Waals surface area contributed by atoms with Crippen molar-refractivity contribution in [3.05, 3.63) is 52.5 Å². The van der Waals surface area contributed by atoms with Crippen molar-refractivity contribution < 1.29 is 17.9 Å². The monoisotopic (exact) mass is 492 g/mol. The Labute approximate surface area is 197 Å². The summed E-state index contributed by atoms with van der Waals surface area (Å²) < 4.78 is 32.2. The van der Waals surface area contributed by atoms with Crippen LogP contribution in [0.15, 0.2) is 41.3 Å². The van der Waals surface area contributed by atoms with Crippen LogP contribution in [-0.2, 0) is 19.4 Å². The first-order valence-electron chi connectivity index (χ1n) is 10.5. The lowest BCUT2D eigenvalue weighted by Gasteiger charge is -2.23. The topological polar surface area (TPSA) is 76.6 Å². The molecule has 0 saturated carbocycles. The molecule has 0 radical (unpaired) electrons. The SMILES string of the molecule is Cc1cc2nc(N(CC3CCCO3)C(=O)CCS(=O)(=O)c3ccc(Cl)cc3)sc2cc1C. The lowest BCUT2D eigenvalue weighted by Crippen LogP contribution is -2.38. The number of carbonyl (C=O) groups is 1. The van der Waals surface area contributed by atoms with E-state index in [4.69, 9.17) is 21.3 Å². The first kappa shape index (κ1) is 23.2. The normalized spacial score (nSPS) is 16.5. The number of thiazole rings is 1. The maximum absolute atomic E-state index is 13.2. The lowest BCUT2D eigenvalue weighted by molar-refractivity contribution is -0.118. The van der Waals surface area contributed by atoms with Gasteiger partial charge in [-0.2, -0.15) is 0 Å². The van der Waals surface area contributed by atoms with Gasteiger partial charge in [-0.05, 0) is 74.2 Å². The summed E-state index contributed by atoms with van der Waals surface area (Å²) in [6.45, 7) is 5.13. The molecular weight excluding hydrogens is 468 g/mol. The van der Waals surface area contributed by atoms with Crippen LogP contribution in [0.1, 0.15) is 30.4 Å². The van der Waals surface area contributed by atoms with Gasteiger partial charge in [0.2, 0.25) is 5.91 Å². The van der Waals surface area contributed by atoms with Crippen molar-refractivity contribution in [3.8, 4) is 0 Å². The van der Waals surface area contributed by atoms with Gasteiger partial charge in [-0.1, -0.05) is 22.9 Å². The fourth-order valence-corrected chi connectivity index (χ4v) is 6.11. The highest BCUT2D eigenvalue weighted by Crippen LogP contribution is 2.32. The van der Waals surface area contributed by atoms with Gasteiger partial charge in [0, 0.05) is 18.1 Å². The molecule has 0 aliphatic carbocycles. The third-order valence-electron chi connectivity index (χ3n) is 5.69. The molecule has 1 unspecified atom stereocenters. The van der Waals surface area contributed by atoms with Gasteiger partial charge in [0.25, 0.3) is 0 Å². The van der Waals surface area contributed by atoms with Crippen LogP contribution in [0.2, 0.25) is 5.02 Å². The summed E-state index contributed by atoms with van der Waals surface area (Å²) in [4.78, 5) is 19.7. The van der Waals surface area contributed by atoms with Crippen LogP contribution < -0.4 is 4.90 Å². The van der Waals surface area contributed by atoms with Gasteiger partial charge < -0.3 is 4.74 Å². The second-order valence-corrected chi connectivity index (χ2v) is 11.6. The number of ether oxygens (including phenoxy) is 1. The van der Waals surface area contributed by atoms with E-state index in [1.54, 1.807) is 4.90 Å². The van der Waals surface area contributed by atoms with Gasteiger partial charge in [0.05, 0.1) is 33.5 Å². The van der Waals surface area contributed by atoms with Gasteiger partial charge >= 0.3 is 0 Å². The number of carbonyl (C=O) groups excluding carboxylic acids is 1.